The highest BCUT2D eigenvalue weighted by atomic mass is 19.1. The zero-order chi connectivity index (χ0) is 13.8. The molecule has 19 heavy (non-hydrogen) atoms. The van der Waals surface area contributed by atoms with Gasteiger partial charge in [0.05, 0.1) is 0 Å². The van der Waals surface area contributed by atoms with E-state index in [-0.39, 0.29) is 5.56 Å². The predicted molar refractivity (Wildman–Crippen MR) is 68.5 cm³/mol. The van der Waals surface area contributed by atoms with E-state index in [1.165, 1.54) is 42.5 Å². The van der Waals surface area contributed by atoms with Gasteiger partial charge in [-0.2, -0.15) is 0 Å². The van der Waals surface area contributed by atoms with Gasteiger partial charge in [-0.25, -0.2) is 13.6 Å². The Kier molecular flexibility index (Phi) is 3.71. The van der Waals surface area contributed by atoms with E-state index >= 15 is 0 Å². The van der Waals surface area contributed by atoms with Crippen LogP contribution in [0.4, 0.5) is 8.78 Å². The maximum atomic E-state index is 13.7. The number of aliphatic carboxylic acids is 1. The maximum absolute atomic E-state index is 13.7. The van der Waals surface area contributed by atoms with E-state index in [0.717, 1.165) is 6.08 Å². The van der Waals surface area contributed by atoms with E-state index in [4.69, 9.17) is 5.11 Å². The summed E-state index contributed by atoms with van der Waals surface area (Å²) >= 11 is 0. The number of halogens is 2. The molecule has 0 saturated heterocycles. The number of carboxylic acid groups (broad SMARTS) is 1. The van der Waals surface area contributed by atoms with Gasteiger partial charge in [0.15, 0.2) is 0 Å². The lowest BCUT2D eigenvalue weighted by atomic mass is 9.98. The first-order valence-corrected chi connectivity index (χ1v) is 5.53. The quantitative estimate of drug-likeness (QED) is 0.854. The molecule has 1 N–H and O–H groups in total. The molecule has 96 valence electrons. The highest BCUT2D eigenvalue weighted by Gasteiger charge is 2.09. The number of hydrogen-bond donors (Lipinski definition) is 1. The summed E-state index contributed by atoms with van der Waals surface area (Å²) in [7, 11) is 0. The molecule has 2 rings (SSSR count). The van der Waals surface area contributed by atoms with E-state index in [9.17, 15) is 13.6 Å². The minimum absolute atomic E-state index is 0.229. The third kappa shape index (κ3) is 3.04. The molecule has 0 radical (unpaired) electrons. The summed E-state index contributed by atoms with van der Waals surface area (Å²) in [5.74, 6) is -2.12. The van der Waals surface area contributed by atoms with Gasteiger partial charge < -0.3 is 5.11 Å². The first-order chi connectivity index (χ1) is 9.08. The number of carbonyl (C=O) groups is 1. The van der Waals surface area contributed by atoms with Gasteiger partial charge in [-0.15, -0.1) is 0 Å². The van der Waals surface area contributed by atoms with Crippen LogP contribution in [0.15, 0.2) is 48.5 Å². The van der Waals surface area contributed by atoms with Crippen LogP contribution in [-0.2, 0) is 4.79 Å². The number of carboxylic acids is 1. The first kappa shape index (κ1) is 13.0. The predicted octanol–water partition coefficient (Wildman–Crippen LogP) is 3.73. The van der Waals surface area contributed by atoms with Crippen LogP contribution in [-0.4, -0.2) is 11.1 Å². The van der Waals surface area contributed by atoms with E-state index in [1.807, 2.05) is 0 Å². The summed E-state index contributed by atoms with van der Waals surface area (Å²) in [5.41, 5.74) is 0.983. The van der Waals surface area contributed by atoms with Crippen LogP contribution in [0.5, 0.6) is 0 Å². The van der Waals surface area contributed by atoms with Crippen LogP contribution < -0.4 is 0 Å². The van der Waals surface area contributed by atoms with E-state index in [2.05, 4.69) is 0 Å². The SMILES string of the molecule is O=C(O)C=Cc1ccc(F)cc1-c1ccccc1F. The minimum Gasteiger partial charge on any atom is -0.478 e. The normalized spacial score (nSPS) is 10.8. The van der Waals surface area contributed by atoms with Gasteiger partial charge in [-0.3, -0.25) is 0 Å². The molecule has 4 heteroatoms. The summed E-state index contributed by atoms with van der Waals surface area (Å²) in [6.45, 7) is 0. The molecule has 0 amide bonds. The fourth-order valence-electron chi connectivity index (χ4n) is 1.75. The second-order valence-corrected chi connectivity index (χ2v) is 3.88. The average Bonchev–Trinajstić information content (AvgIpc) is 2.37. The van der Waals surface area contributed by atoms with Crippen LogP contribution in [0, 0.1) is 11.6 Å². The Morgan fingerprint density at radius 3 is 2.47 bits per heavy atom. The maximum Gasteiger partial charge on any atom is 0.328 e. The minimum atomic E-state index is -1.12. The molecule has 0 unspecified atom stereocenters. The van der Waals surface area contributed by atoms with Crippen LogP contribution in [0.25, 0.3) is 17.2 Å². The molecule has 0 aliphatic carbocycles. The molecule has 2 aromatic carbocycles. The molecule has 0 saturated carbocycles. The lowest BCUT2D eigenvalue weighted by Crippen LogP contribution is -1.91. The van der Waals surface area contributed by atoms with Crippen molar-refractivity contribution in [1.29, 1.82) is 0 Å². The molecule has 0 heterocycles. The van der Waals surface area contributed by atoms with Gasteiger partial charge in [-0.1, -0.05) is 24.3 Å². The fraction of sp³-hybridized carbons (Fsp3) is 0. The highest BCUT2D eigenvalue weighted by molar-refractivity contribution is 5.87. The smallest absolute Gasteiger partial charge is 0.328 e. The number of benzene rings is 2. The topological polar surface area (TPSA) is 37.3 Å². The van der Waals surface area contributed by atoms with E-state index in [1.54, 1.807) is 6.07 Å². The van der Waals surface area contributed by atoms with Gasteiger partial charge in [0, 0.05) is 11.6 Å². The fourth-order valence-corrected chi connectivity index (χ4v) is 1.75. The van der Waals surface area contributed by atoms with Crippen LogP contribution >= 0.6 is 0 Å². The second-order valence-electron chi connectivity index (χ2n) is 3.88. The van der Waals surface area contributed by atoms with Crippen LogP contribution in [0.2, 0.25) is 0 Å². The van der Waals surface area contributed by atoms with Gasteiger partial charge in [-0.05, 0) is 35.4 Å². The van der Waals surface area contributed by atoms with Crippen molar-refractivity contribution in [1.82, 2.24) is 0 Å². The molecule has 0 aliphatic heterocycles. The number of hydrogen-bond acceptors (Lipinski definition) is 1. The Bertz CT molecular complexity index is 648. The Labute approximate surface area is 108 Å². The summed E-state index contributed by atoms with van der Waals surface area (Å²) < 4.78 is 27.0. The molecule has 2 aromatic rings. The van der Waals surface area contributed by atoms with Gasteiger partial charge in [0.2, 0.25) is 0 Å². The summed E-state index contributed by atoms with van der Waals surface area (Å²) in [4.78, 5) is 10.5. The Morgan fingerprint density at radius 2 is 1.79 bits per heavy atom. The van der Waals surface area contributed by atoms with E-state index < -0.39 is 17.6 Å². The first-order valence-electron chi connectivity index (χ1n) is 5.53. The monoisotopic (exact) mass is 260 g/mol. The summed E-state index contributed by atoms with van der Waals surface area (Å²) in [6.07, 6.45) is 2.24. The molecule has 0 atom stereocenters. The zero-order valence-corrected chi connectivity index (χ0v) is 9.81. The van der Waals surface area contributed by atoms with E-state index in [0.29, 0.717) is 11.1 Å². The molecule has 0 aromatic heterocycles. The molecule has 0 bridgehead atoms. The van der Waals surface area contributed by atoms with Crippen LogP contribution in [0.3, 0.4) is 0 Å². The second kappa shape index (κ2) is 5.44. The van der Waals surface area contributed by atoms with Gasteiger partial charge in [0.25, 0.3) is 0 Å². The van der Waals surface area contributed by atoms with Crippen molar-refractivity contribution >= 4 is 12.0 Å². The molecular formula is C15H10F2O2. The Morgan fingerprint density at radius 1 is 1.05 bits per heavy atom. The highest BCUT2D eigenvalue weighted by Crippen LogP contribution is 2.28. The van der Waals surface area contributed by atoms with Crippen molar-refractivity contribution < 1.29 is 18.7 Å². The Hall–Kier alpha value is -2.49. The zero-order valence-electron chi connectivity index (χ0n) is 9.81. The Balaban J connectivity index is 2.58. The number of rotatable bonds is 3. The summed E-state index contributed by atoms with van der Waals surface area (Å²) in [6, 6.07) is 9.74. The lowest BCUT2D eigenvalue weighted by Gasteiger charge is -2.07. The molecule has 2 nitrogen and oxygen atoms in total. The lowest BCUT2D eigenvalue weighted by molar-refractivity contribution is -0.131. The van der Waals surface area contributed by atoms with Gasteiger partial charge >= 0.3 is 5.97 Å². The third-order valence-electron chi connectivity index (χ3n) is 2.58. The molecule has 0 spiro atoms. The van der Waals surface area contributed by atoms with Crippen molar-refractivity contribution in [3.05, 3.63) is 65.7 Å². The third-order valence-corrected chi connectivity index (χ3v) is 2.58. The average molecular weight is 260 g/mol. The van der Waals surface area contributed by atoms with Crippen LogP contribution in [0.1, 0.15) is 5.56 Å². The standard InChI is InChI=1S/C15H10F2O2/c16-11-7-5-10(6-8-15(18)19)13(9-11)12-3-1-2-4-14(12)17/h1-9H,(H,18,19). The van der Waals surface area contributed by atoms with Crippen molar-refractivity contribution in [3.63, 3.8) is 0 Å². The van der Waals surface area contributed by atoms with Crippen molar-refractivity contribution in [2.45, 2.75) is 0 Å². The molecular weight excluding hydrogens is 250 g/mol. The molecule has 0 fully saturated rings. The summed E-state index contributed by atoms with van der Waals surface area (Å²) in [5, 5.41) is 8.61. The van der Waals surface area contributed by atoms with Gasteiger partial charge in [0.1, 0.15) is 11.6 Å². The molecule has 0 aliphatic rings. The van der Waals surface area contributed by atoms with Crippen molar-refractivity contribution in [2.24, 2.45) is 0 Å². The van der Waals surface area contributed by atoms with Crippen molar-refractivity contribution in [3.8, 4) is 11.1 Å². The largest absolute Gasteiger partial charge is 0.478 e. The van der Waals surface area contributed by atoms with Crippen molar-refractivity contribution in [2.75, 3.05) is 0 Å².